The third kappa shape index (κ3) is 2.13. The number of nitriles is 1. The van der Waals surface area contributed by atoms with Crippen molar-refractivity contribution in [3.05, 3.63) is 0 Å². The molecule has 1 unspecified atom stereocenters. The average molecular weight is 337 g/mol. The van der Waals surface area contributed by atoms with Gasteiger partial charge in [-0.3, -0.25) is 0 Å². The summed E-state index contributed by atoms with van der Waals surface area (Å²) in [5.74, 6) is -2.04. The Kier molecular flexibility index (Phi) is 3.60. The molecule has 4 fully saturated rings. The maximum atomic E-state index is 15.3. The molecule has 134 valence electrons. The van der Waals surface area contributed by atoms with Crippen molar-refractivity contribution in [2.24, 2.45) is 40.9 Å². The molecule has 0 amide bonds. The highest BCUT2D eigenvalue weighted by Crippen LogP contribution is 2.68. The molecule has 4 aliphatic carbocycles. The quantitative estimate of drug-likeness (QED) is 0.691. The van der Waals surface area contributed by atoms with Crippen molar-refractivity contribution >= 4 is 0 Å². The number of alkyl halides is 2. The van der Waals surface area contributed by atoms with Crippen LogP contribution in [0.1, 0.15) is 65.2 Å². The minimum absolute atomic E-state index is 0.000660. The number of aliphatic hydroxyl groups is 1. The van der Waals surface area contributed by atoms with E-state index < -0.39 is 22.9 Å². The Morgan fingerprint density at radius 3 is 2.42 bits per heavy atom. The van der Waals surface area contributed by atoms with Crippen LogP contribution in [0.2, 0.25) is 0 Å². The number of hydrogen-bond donors (Lipinski definition) is 1. The second-order valence-electron chi connectivity index (χ2n) is 9.63. The predicted octanol–water partition coefficient (Wildman–Crippen LogP) is 4.77. The van der Waals surface area contributed by atoms with E-state index in [-0.39, 0.29) is 18.3 Å². The second-order valence-corrected chi connectivity index (χ2v) is 9.63. The number of nitrogens with zero attached hydrogens (tertiary/aromatic N) is 1. The Morgan fingerprint density at radius 2 is 1.71 bits per heavy atom. The van der Waals surface area contributed by atoms with Crippen molar-refractivity contribution < 1.29 is 13.9 Å². The fourth-order valence-corrected chi connectivity index (χ4v) is 7.26. The van der Waals surface area contributed by atoms with Gasteiger partial charge in [0.25, 0.3) is 5.92 Å². The largest absolute Gasteiger partial charge is 0.390 e. The van der Waals surface area contributed by atoms with Crippen LogP contribution in [-0.2, 0) is 0 Å². The van der Waals surface area contributed by atoms with Gasteiger partial charge in [-0.25, -0.2) is 8.78 Å². The summed E-state index contributed by atoms with van der Waals surface area (Å²) in [6, 6.07) is 2.21. The Bertz CT molecular complexity index is 568. The van der Waals surface area contributed by atoms with Crippen molar-refractivity contribution in [3.8, 4) is 6.07 Å². The topological polar surface area (TPSA) is 44.0 Å². The highest BCUT2D eigenvalue weighted by atomic mass is 19.3. The van der Waals surface area contributed by atoms with Crippen molar-refractivity contribution in [1.82, 2.24) is 0 Å². The molecule has 0 saturated heterocycles. The van der Waals surface area contributed by atoms with Crippen LogP contribution in [0.25, 0.3) is 0 Å². The summed E-state index contributed by atoms with van der Waals surface area (Å²) in [7, 11) is 0. The third-order valence-corrected chi connectivity index (χ3v) is 8.51. The van der Waals surface area contributed by atoms with E-state index in [1.54, 1.807) is 6.92 Å². The molecule has 0 aromatic carbocycles. The smallest absolute Gasteiger partial charge is 0.255 e. The zero-order valence-corrected chi connectivity index (χ0v) is 14.8. The molecule has 0 aromatic heterocycles. The Balaban J connectivity index is 1.65. The zero-order valence-electron chi connectivity index (χ0n) is 14.8. The van der Waals surface area contributed by atoms with E-state index in [1.165, 1.54) is 0 Å². The van der Waals surface area contributed by atoms with Crippen LogP contribution in [0.3, 0.4) is 0 Å². The van der Waals surface area contributed by atoms with Crippen LogP contribution < -0.4 is 0 Å². The first-order valence-electron chi connectivity index (χ1n) is 9.69. The maximum Gasteiger partial charge on any atom is 0.255 e. The van der Waals surface area contributed by atoms with Crippen molar-refractivity contribution in [2.75, 3.05) is 0 Å². The van der Waals surface area contributed by atoms with E-state index in [0.717, 1.165) is 38.5 Å². The van der Waals surface area contributed by atoms with Gasteiger partial charge in [0.2, 0.25) is 0 Å². The molecular formula is C20H29F2NO. The van der Waals surface area contributed by atoms with E-state index in [9.17, 15) is 10.4 Å². The molecule has 0 radical (unpaired) electrons. The number of halogens is 2. The Hall–Kier alpha value is -0.690. The van der Waals surface area contributed by atoms with Crippen LogP contribution in [-0.4, -0.2) is 16.6 Å². The lowest BCUT2D eigenvalue weighted by molar-refractivity contribution is -0.224. The molecular weight excluding hydrogens is 308 g/mol. The minimum Gasteiger partial charge on any atom is -0.390 e. The minimum atomic E-state index is -2.74. The van der Waals surface area contributed by atoms with Crippen LogP contribution in [0.4, 0.5) is 8.78 Å². The van der Waals surface area contributed by atoms with Crippen LogP contribution in [0.15, 0.2) is 0 Å². The molecule has 0 spiro atoms. The fraction of sp³-hybridized carbons (Fsp3) is 0.950. The number of rotatable bonds is 0. The van der Waals surface area contributed by atoms with Gasteiger partial charge in [-0.1, -0.05) is 6.92 Å². The van der Waals surface area contributed by atoms with Crippen molar-refractivity contribution in [2.45, 2.75) is 76.7 Å². The Morgan fingerprint density at radius 1 is 0.958 bits per heavy atom. The highest BCUT2D eigenvalue weighted by molar-refractivity contribution is 5.16. The first-order valence-corrected chi connectivity index (χ1v) is 9.69. The van der Waals surface area contributed by atoms with Crippen LogP contribution in [0.5, 0.6) is 0 Å². The standard InChI is InChI=1S/C20H29F2NO/c1-18(24)8-7-14-12(9-18)3-5-15-16(14)10-20(21,22)19(2)13(11-23)4-6-17(15)19/h12-17,24H,3-10H2,1-2H3/t12-,13-,14+,15?,16-,17+,18-,19-/m1/s1. The maximum absolute atomic E-state index is 15.3. The fourth-order valence-electron chi connectivity index (χ4n) is 7.26. The van der Waals surface area contributed by atoms with E-state index in [4.69, 9.17) is 0 Å². The average Bonchev–Trinajstić information content (AvgIpc) is 2.84. The molecule has 0 aromatic rings. The van der Waals surface area contributed by atoms with E-state index >= 15 is 8.78 Å². The van der Waals surface area contributed by atoms with Gasteiger partial charge in [0.1, 0.15) is 0 Å². The molecule has 4 heteroatoms. The lowest BCUT2D eigenvalue weighted by atomic mass is 9.48. The first kappa shape index (κ1) is 16.8. The molecule has 8 atom stereocenters. The lowest BCUT2D eigenvalue weighted by Gasteiger charge is -2.58. The summed E-state index contributed by atoms with van der Waals surface area (Å²) in [6.07, 6.45) is 5.88. The van der Waals surface area contributed by atoms with Crippen LogP contribution >= 0.6 is 0 Å². The number of hydrogen-bond acceptors (Lipinski definition) is 2. The Labute approximate surface area is 143 Å². The van der Waals surface area contributed by atoms with Gasteiger partial charge in [-0.05, 0) is 81.5 Å². The molecule has 4 saturated carbocycles. The summed E-state index contributed by atoms with van der Waals surface area (Å²) >= 11 is 0. The predicted molar refractivity (Wildman–Crippen MR) is 87.2 cm³/mol. The summed E-state index contributed by atoms with van der Waals surface area (Å²) in [5, 5.41) is 19.8. The van der Waals surface area contributed by atoms with Crippen molar-refractivity contribution in [3.63, 3.8) is 0 Å². The molecule has 0 heterocycles. The number of fused-ring (bicyclic) bond motifs is 5. The van der Waals surface area contributed by atoms with E-state index in [1.807, 2.05) is 6.92 Å². The highest BCUT2D eigenvalue weighted by Gasteiger charge is 2.69. The molecule has 0 bridgehead atoms. The van der Waals surface area contributed by atoms with E-state index in [0.29, 0.717) is 24.2 Å². The van der Waals surface area contributed by atoms with Gasteiger partial charge in [0.15, 0.2) is 0 Å². The summed E-state index contributed by atoms with van der Waals surface area (Å²) < 4.78 is 30.5. The molecule has 2 nitrogen and oxygen atoms in total. The molecule has 1 N–H and O–H groups in total. The summed E-state index contributed by atoms with van der Waals surface area (Å²) in [5.41, 5.74) is -1.74. The van der Waals surface area contributed by atoms with Gasteiger partial charge in [0.05, 0.1) is 23.0 Å². The molecule has 4 aliphatic rings. The first-order chi connectivity index (χ1) is 11.2. The molecule has 4 rings (SSSR count). The van der Waals surface area contributed by atoms with Gasteiger partial charge < -0.3 is 5.11 Å². The lowest BCUT2D eigenvalue weighted by Crippen LogP contribution is -2.58. The monoisotopic (exact) mass is 337 g/mol. The van der Waals surface area contributed by atoms with Gasteiger partial charge >= 0.3 is 0 Å². The third-order valence-electron chi connectivity index (χ3n) is 8.51. The van der Waals surface area contributed by atoms with Crippen LogP contribution in [0, 0.1) is 52.3 Å². The normalized spacial score (nSPS) is 55.8. The second kappa shape index (κ2) is 5.16. The van der Waals surface area contributed by atoms with Gasteiger partial charge in [-0.15, -0.1) is 0 Å². The van der Waals surface area contributed by atoms with Gasteiger partial charge in [0, 0.05) is 6.42 Å². The van der Waals surface area contributed by atoms with Crippen molar-refractivity contribution in [1.29, 1.82) is 5.26 Å². The summed E-state index contributed by atoms with van der Waals surface area (Å²) in [4.78, 5) is 0. The zero-order chi connectivity index (χ0) is 17.3. The van der Waals surface area contributed by atoms with Gasteiger partial charge in [-0.2, -0.15) is 5.26 Å². The SMILES string of the molecule is C[C@@]1(O)CC[C@H]2[C@H](CCC3[C@@H]2CC(F)(F)[C@]2(C)[C@@H](C#N)CC[C@@H]32)C1. The summed E-state index contributed by atoms with van der Waals surface area (Å²) in [6.45, 7) is 3.60. The molecule has 24 heavy (non-hydrogen) atoms. The van der Waals surface area contributed by atoms with E-state index in [2.05, 4.69) is 6.07 Å². The molecule has 0 aliphatic heterocycles.